The van der Waals surface area contributed by atoms with Gasteiger partial charge in [0.2, 0.25) is 8.32 Å². The average molecular weight is 301 g/mol. The van der Waals surface area contributed by atoms with Crippen molar-refractivity contribution in [1.82, 2.24) is 0 Å². The minimum atomic E-state index is -2.00. The zero-order valence-electron chi connectivity index (χ0n) is 15.3. The van der Waals surface area contributed by atoms with Gasteiger partial charge in [-0.3, -0.25) is 4.79 Å². The van der Waals surface area contributed by atoms with Crippen molar-refractivity contribution in [1.29, 1.82) is 0 Å². The summed E-state index contributed by atoms with van der Waals surface area (Å²) < 4.78 is 6.73. The summed E-state index contributed by atoms with van der Waals surface area (Å²) in [5.74, 6) is 0.247. The molecule has 0 N–H and O–H groups in total. The largest absolute Gasteiger partial charge is 0.406 e. The van der Waals surface area contributed by atoms with Crippen LogP contribution in [0.5, 0.6) is 0 Å². The minimum absolute atomic E-state index is 0.135. The van der Waals surface area contributed by atoms with E-state index < -0.39 is 8.32 Å². The van der Waals surface area contributed by atoms with Crippen molar-refractivity contribution in [3.63, 3.8) is 0 Å². The van der Waals surface area contributed by atoms with E-state index in [1.54, 1.807) is 0 Å². The summed E-state index contributed by atoms with van der Waals surface area (Å²) in [4.78, 5) is 12.4. The van der Waals surface area contributed by atoms with Gasteiger partial charge in [-0.05, 0) is 22.0 Å². The minimum Gasteiger partial charge on any atom is -0.406 e. The predicted octanol–water partition coefficient (Wildman–Crippen LogP) is 5.57. The van der Waals surface area contributed by atoms with Crippen molar-refractivity contribution in [2.45, 2.75) is 98.4 Å². The maximum absolute atomic E-state index is 12.4. The quantitative estimate of drug-likeness (QED) is 0.574. The Morgan fingerprint density at radius 3 is 1.50 bits per heavy atom. The molecule has 0 heterocycles. The monoisotopic (exact) mass is 300 g/mol. The fraction of sp³-hybridized carbons (Fsp3) is 0.941. The Morgan fingerprint density at radius 2 is 1.30 bits per heavy atom. The maximum Gasteiger partial charge on any atom is 0.201 e. The van der Waals surface area contributed by atoms with Crippen LogP contribution in [-0.2, 0) is 9.22 Å². The lowest BCUT2D eigenvalue weighted by molar-refractivity contribution is -0.130. The number of hydrogen-bond donors (Lipinski definition) is 0. The van der Waals surface area contributed by atoms with Crippen molar-refractivity contribution >= 4 is 14.1 Å². The molecule has 120 valence electrons. The van der Waals surface area contributed by atoms with Crippen molar-refractivity contribution in [2.75, 3.05) is 0 Å². The van der Waals surface area contributed by atoms with Crippen molar-refractivity contribution in [3.8, 4) is 0 Å². The van der Waals surface area contributed by atoms with E-state index in [1.807, 2.05) is 6.92 Å². The van der Waals surface area contributed by atoms with Crippen LogP contribution >= 0.6 is 0 Å². The standard InChI is InChI=1S/C17H36O2Si/c1-11-15(18)16(17(8,9)10)19-20(12(2)3,13(4)5)14(6)7/h12-14,16H,11H2,1-10H3/t16-/m0/s1. The van der Waals surface area contributed by atoms with Crippen LogP contribution in [0, 0.1) is 5.41 Å². The summed E-state index contributed by atoms with van der Waals surface area (Å²) >= 11 is 0. The van der Waals surface area contributed by atoms with E-state index in [0.29, 0.717) is 23.0 Å². The van der Waals surface area contributed by atoms with Gasteiger partial charge in [0.05, 0.1) is 0 Å². The maximum atomic E-state index is 12.4. The van der Waals surface area contributed by atoms with E-state index in [-0.39, 0.29) is 17.3 Å². The van der Waals surface area contributed by atoms with Crippen LogP contribution in [0.1, 0.15) is 75.7 Å². The van der Waals surface area contributed by atoms with Crippen LogP contribution < -0.4 is 0 Å². The van der Waals surface area contributed by atoms with E-state index in [1.165, 1.54) is 0 Å². The fourth-order valence-corrected chi connectivity index (χ4v) is 9.23. The molecule has 0 aromatic rings. The predicted molar refractivity (Wildman–Crippen MR) is 90.7 cm³/mol. The molecule has 0 saturated carbocycles. The number of rotatable bonds is 7. The molecule has 0 rings (SSSR count). The third-order valence-corrected chi connectivity index (χ3v) is 10.5. The summed E-state index contributed by atoms with van der Waals surface area (Å²) in [5, 5.41) is 0. The van der Waals surface area contributed by atoms with Crippen molar-refractivity contribution in [2.24, 2.45) is 5.41 Å². The Labute approximate surface area is 127 Å². The first kappa shape index (κ1) is 19.8. The third-order valence-electron chi connectivity index (χ3n) is 4.46. The summed E-state index contributed by atoms with van der Waals surface area (Å²) in [6.45, 7) is 21.9. The molecule has 0 spiro atoms. The number of carbonyl (C=O) groups excluding carboxylic acids is 1. The highest BCUT2D eigenvalue weighted by atomic mass is 28.4. The van der Waals surface area contributed by atoms with Gasteiger partial charge in [0.15, 0.2) is 5.78 Å². The molecule has 3 heteroatoms. The van der Waals surface area contributed by atoms with Crippen molar-refractivity contribution in [3.05, 3.63) is 0 Å². The van der Waals surface area contributed by atoms with Gasteiger partial charge in [0.1, 0.15) is 6.10 Å². The first-order valence-electron chi connectivity index (χ1n) is 8.11. The van der Waals surface area contributed by atoms with Gasteiger partial charge >= 0.3 is 0 Å². The molecule has 0 aliphatic heterocycles. The smallest absolute Gasteiger partial charge is 0.201 e. The van der Waals surface area contributed by atoms with Crippen LogP contribution in [0.3, 0.4) is 0 Å². The van der Waals surface area contributed by atoms with Crippen molar-refractivity contribution < 1.29 is 9.22 Å². The fourth-order valence-electron chi connectivity index (χ4n) is 3.52. The van der Waals surface area contributed by atoms with Crippen LogP contribution in [0.25, 0.3) is 0 Å². The van der Waals surface area contributed by atoms with E-state index in [4.69, 9.17) is 4.43 Å². The van der Waals surface area contributed by atoms with Gasteiger partial charge < -0.3 is 4.43 Å². The van der Waals surface area contributed by atoms with Gasteiger partial charge in [-0.2, -0.15) is 0 Å². The van der Waals surface area contributed by atoms with E-state index in [0.717, 1.165) is 0 Å². The molecule has 0 fully saturated rings. The van der Waals surface area contributed by atoms with E-state index in [9.17, 15) is 4.79 Å². The highest BCUT2D eigenvalue weighted by molar-refractivity contribution is 6.77. The Hall–Kier alpha value is -0.153. The van der Waals surface area contributed by atoms with Gasteiger partial charge in [0.25, 0.3) is 0 Å². The Balaban J connectivity index is 5.67. The second kappa shape index (κ2) is 7.21. The SMILES string of the molecule is CCC(=O)[C@H](O[Si](C(C)C)(C(C)C)C(C)C)C(C)(C)C. The normalized spacial score (nSPS) is 15.2. The zero-order valence-corrected chi connectivity index (χ0v) is 16.3. The van der Waals surface area contributed by atoms with Crippen LogP contribution in [-0.4, -0.2) is 20.2 Å². The number of Topliss-reactive ketones (excluding diaryl/α,β-unsaturated/α-hetero) is 1. The molecule has 0 aliphatic carbocycles. The molecule has 20 heavy (non-hydrogen) atoms. The lowest BCUT2D eigenvalue weighted by atomic mass is 9.86. The summed E-state index contributed by atoms with van der Waals surface area (Å²) in [6.07, 6.45) is 0.284. The molecular formula is C17H36O2Si. The molecule has 1 atom stereocenters. The van der Waals surface area contributed by atoms with Gasteiger partial charge in [-0.1, -0.05) is 69.2 Å². The van der Waals surface area contributed by atoms with Crippen LogP contribution in [0.2, 0.25) is 16.6 Å². The summed E-state index contributed by atoms with van der Waals surface area (Å²) in [5.41, 5.74) is 1.40. The molecule has 0 saturated heterocycles. The number of hydrogen-bond acceptors (Lipinski definition) is 2. The molecule has 2 nitrogen and oxygen atoms in total. The highest BCUT2D eigenvalue weighted by Gasteiger charge is 2.49. The molecular weight excluding hydrogens is 264 g/mol. The van der Waals surface area contributed by atoms with Gasteiger partial charge in [-0.15, -0.1) is 0 Å². The van der Waals surface area contributed by atoms with Gasteiger partial charge in [0, 0.05) is 6.42 Å². The second-order valence-corrected chi connectivity index (χ2v) is 13.4. The molecule has 0 aromatic carbocycles. The second-order valence-electron chi connectivity index (χ2n) is 8.00. The molecule has 0 radical (unpaired) electrons. The zero-order chi connectivity index (χ0) is 16.3. The summed E-state index contributed by atoms with van der Waals surface area (Å²) in [6, 6.07) is 0. The first-order chi connectivity index (χ1) is 8.91. The number of carbonyl (C=O) groups is 1. The summed E-state index contributed by atoms with van der Waals surface area (Å²) in [7, 11) is -2.00. The van der Waals surface area contributed by atoms with Gasteiger partial charge in [-0.25, -0.2) is 0 Å². The van der Waals surface area contributed by atoms with E-state index in [2.05, 4.69) is 62.3 Å². The molecule has 0 aromatic heterocycles. The Morgan fingerprint density at radius 1 is 0.950 bits per heavy atom. The molecule has 0 bridgehead atoms. The number of ketones is 1. The van der Waals surface area contributed by atoms with Crippen LogP contribution in [0.15, 0.2) is 0 Å². The highest BCUT2D eigenvalue weighted by Crippen LogP contribution is 2.45. The first-order valence-corrected chi connectivity index (χ1v) is 10.3. The Kier molecular flexibility index (Phi) is 7.16. The lowest BCUT2D eigenvalue weighted by Gasteiger charge is -2.47. The topological polar surface area (TPSA) is 26.3 Å². The molecule has 0 amide bonds. The third kappa shape index (κ3) is 4.17. The van der Waals surface area contributed by atoms with Crippen LogP contribution in [0.4, 0.5) is 0 Å². The molecule has 0 aliphatic rings. The average Bonchev–Trinajstić information content (AvgIpc) is 2.25. The van der Waals surface area contributed by atoms with E-state index >= 15 is 0 Å². The molecule has 0 unspecified atom stereocenters. The Bertz CT molecular complexity index is 292. The lowest BCUT2D eigenvalue weighted by Crippen LogP contribution is -2.54.